The molecule has 0 aromatic rings. The lowest BCUT2D eigenvalue weighted by Gasteiger charge is -2.22. The van der Waals surface area contributed by atoms with Gasteiger partial charge in [0.25, 0.3) is 0 Å². The van der Waals surface area contributed by atoms with E-state index in [9.17, 15) is 15.0 Å². The smallest absolute Gasteiger partial charge is 0.334 e. The summed E-state index contributed by atoms with van der Waals surface area (Å²) in [5.74, 6) is -0.111. The summed E-state index contributed by atoms with van der Waals surface area (Å²) < 4.78 is 11.2. The van der Waals surface area contributed by atoms with Crippen LogP contribution in [-0.4, -0.2) is 46.7 Å². The Balaban J connectivity index is 1.33. The molecule has 2 rings (SSSR count). The summed E-state index contributed by atoms with van der Waals surface area (Å²) in [4.78, 5) is 11.6. The van der Waals surface area contributed by atoms with E-state index in [1.165, 1.54) is 109 Å². The second kappa shape index (κ2) is 22.7. The molecule has 5 atom stereocenters. The zero-order valence-corrected chi connectivity index (χ0v) is 26.3. The topological polar surface area (TPSA) is 76.0 Å². The van der Waals surface area contributed by atoms with Gasteiger partial charge in [-0.15, -0.1) is 0 Å². The molecule has 0 aromatic heterocycles. The van der Waals surface area contributed by atoms with Gasteiger partial charge in [-0.1, -0.05) is 129 Å². The molecule has 1 fully saturated rings. The van der Waals surface area contributed by atoms with E-state index in [0.717, 1.165) is 56.9 Å². The molecule has 5 nitrogen and oxygen atoms in total. The fourth-order valence-electron chi connectivity index (χ4n) is 6.37. The number of aliphatic hydroxyl groups is 2. The molecule has 0 spiro atoms. The summed E-state index contributed by atoms with van der Waals surface area (Å²) in [5, 5.41) is 21.2. The normalized spacial score (nSPS) is 22.4. The predicted molar refractivity (Wildman–Crippen MR) is 165 cm³/mol. The van der Waals surface area contributed by atoms with Crippen LogP contribution in [0.3, 0.4) is 0 Å². The van der Waals surface area contributed by atoms with Crippen molar-refractivity contribution in [2.24, 2.45) is 0 Å². The molecule has 0 radical (unpaired) electrons. The first-order valence-electron chi connectivity index (χ1n) is 17.4. The summed E-state index contributed by atoms with van der Waals surface area (Å²) >= 11 is 0. The van der Waals surface area contributed by atoms with Crippen molar-refractivity contribution < 1.29 is 24.5 Å². The highest BCUT2D eigenvalue weighted by atomic mass is 16.5. The van der Waals surface area contributed by atoms with Crippen molar-refractivity contribution in [2.45, 2.75) is 205 Å². The van der Waals surface area contributed by atoms with Gasteiger partial charge in [0.1, 0.15) is 6.10 Å². The zero-order chi connectivity index (χ0) is 28.8. The molecule has 2 N–H and O–H groups in total. The number of carbonyl (C=O) groups excluding carboxylic acids is 1. The van der Waals surface area contributed by atoms with Crippen molar-refractivity contribution in [3.63, 3.8) is 0 Å². The Morgan fingerprint density at radius 2 is 1.07 bits per heavy atom. The molecule has 0 aliphatic carbocycles. The number of aliphatic hydroxyl groups excluding tert-OH is 2. The highest BCUT2D eigenvalue weighted by Gasteiger charge is 2.34. The predicted octanol–water partition coefficient (Wildman–Crippen LogP) is 9.12. The first kappa shape index (κ1) is 35.3. The van der Waals surface area contributed by atoms with Crippen LogP contribution in [-0.2, 0) is 14.3 Å². The third kappa shape index (κ3) is 15.9. The van der Waals surface area contributed by atoms with Crippen molar-refractivity contribution in [1.82, 2.24) is 0 Å². The lowest BCUT2D eigenvalue weighted by atomic mass is 10.00. The summed E-state index contributed by atoms with van der Waals surface area (Å²) in [6, 6.07) is 0. The average molecular weight is 565 g/mol. The van der Waals surface area contributed by atoms with Gasteiger partial charge < -0.3 is 19.7 Å². The van der Waals surface area contributed by atoms with Gasteiger partial charge >= 0.3 is 5.97 Å². The lowest BCUT2D eigenvalue weighted by molar-refractivity contribution is -0.139. The minimum Gasteiger partial charge on any atom is -0.455 e. The summed E-state index contributed by atoms with van der Waals surface area (Å²) in [6.07, 6.45) is 30.6. The molecular weight excluding hydrogens is 500 g/mol. The molecule has 2 aliphatic heterocycles. The van der Waals surface area contributed by atoms with Gasteiger partial charge in [0, 0.05) is 5.57 Å². The number of unbranched alkanes of at least 4 members (excludes halogenated alkanes) is 18. The highest BCUT2D eigenvalue weighted by molar-refractivity contribution is 5.90. The molecule has 40 heavy (non-hydrogen) atoms. The standard InChI is InChI=1S/C35H64O5/c1-3-4-5-6-7-15-18-21-24-31(36)33-26-27-34(40-33)32(37)25-22-19-16-13-11-9-8-10-12-14-17-20-23-30-28-29(2)39-35(30)38/h28-29,31-34,36-37H,3-27H2,1-2H3/t29-,31-,32+,33+,34+/m0/s1. The van der Waals surface area contributed by atoms with Crippen LogP contribution in [0.15, 0.2) is 11.6 Å². The first-order valence-corrected chi connectivity index (χ1v) is 17.4. The summed E-state index contributed by atoms with van der Waals surface area (Å²) in [6.45, 7) is 4.17. The Morgan fingerprint density at radius 3 is 1.48 bits per heavy atom. The fourth-order valence-corrected chi connectivity index (χ4v) is 6.37. The monoisotopic (exact) mass is 564 g/mol. The zero-order valence-electron chi connectivity index (χ0n) is 26.3. The maximum absolute atomic E-state index is 11.6. The van der Waals surface area contributed by atoms with Gasteiger partial charge in [-0.3, -0.25) is 0 Å². The summed E-state index contributed by atoms with van der Waals surface area (Å²) in [5.41, 5.74) is 0.877. The van der Waals surface area contributed by atoms with Crippen molar-refractivity contribution in [1.29, 1.82) is 0 Å². The molecule has 0 unspecified atom stereocenters. The van der Waals surface area contributed by atoms with Crippen LogP contribution >= 0.6 is 0 Å². The van der Waals surface area contributed by atoms with E-state index in [0.29, 0.717) is 0 Å². The van der Waals surface area contributed by atoms with Gasteiger partial charge in [-0.25, -0.2) is 4.79 Å². The lowest BCUT2D eigenvalue weighted by Crippen LogP contribution is -2.31. The number of hydrogen-bond donors (Lipinski definition) is 2. The Bertz CT molecular complexity index is 662. The van der Waals surface area contributed by atoms with E-state index in [-0.39, 0.29) is 36.5 Å². The van der Waals surface area contributed by atoms with Gasteiger partial charge in [0.05, 0.1) is 24.4 Å². The van der Waals surface area contributed by atoms with Gasteiger partial charge in [0.2, 0.25) is 0 Å². The SMILES string of the molecule is CCCCCCCCCC[C@H](O)[C@H]1CC[C@H]([C@H](O)CCCCCCCCCCCCCCC2=C[C@H](C)OC2=O)O1. The molecule has 0 amide bonds. The second-order valence-electron chi connectivity index (χ2n) is 12.8. The number of cyclic esters (lactones) is 1. The number of ether oxygens (including phenoxy) is 2. The molecule has 5 heteroatoms. The highest BCUT2D eigenvalue weighted by Crippen LogP contribution is 2.28. The Labute approximate surface area is 246 Å². The minimum absolute atomic E-state index is 0.0384. The van der Waals surface area contributed by atoms with Crippen molar-refractivity contribution in [3.8, 4) is 0 Å². The maximum atomic E-state index is 11.6. The van der Waals surface area contributed by atoms with E-state index in [1.54, 1.807) is 0 Å². The molecule has 0 bridgehead atoms. The van der Waals surface area contributed by atoms with Crippen LogP contribution in [0.25, 0.3) is 0 Å². The third-order valence-electron chi connectivity index (χ3n) is 8.98. The average Bonchev–Trinajstić information content (AvgIpc) is 3.56. The fraction of sp³-hybridized carbons (Fsp3) is 0.914. The number of esters is 1. The summed E-state index contributed by atoms with van der Waals surface area (Å²) in [7, 11) is 0. The van der Waals surface area contributed by atoms with Crippen molar-refractivity contribution in [3.05, 3.63) is 11.6 Å². The van der Waals surface area contributed by atoms with Crippen LogP contribution in [0.2, 0.25) is 0 Å². The second-order valence-corrected chi connectivity index (χ2v) is 12.8. The molecule has 2 aliphatic rings. The van der Waals surface area contributed by atoms with E-state index < -0.39 is 0 Å². The first-order chi connectivity index (χ1) is 19.5. The van der Waals surface area contributed by atoms with Crippen LogP contribution in [0, 0.1) is 0 Å². The Hall–Kier alpha value is -0.910. The van der Waals surface area contributed by atoms with Crippen LogP contribution in [0.4, 0.5) is 0 Å². The molecule has 234 valence electrons. The van der Waals surface area contributed by atoms with Crippen molar-refractivity contribution >= 4 is 5.97 Å². The molecule has 2 heterocycles. The van der Waals surface area contributed by atoms with Gasteiger partial charge in [0.15, 0.2) is 0 Å². The van der Waals surface area contributed by atoms with Crippen LogP contribution in [0.5, 0.6) is 0 Å². The van der Waals surface area contributed by atoms with E-state index in [1.807, 2.05) is 13.0 Å². The van der Waals surface area contributed by atoms with E-state index in [2.05, 4.69) is 6.92 Å². The van der Waals surface area contributed by atoms with Crippen molar-refractivity contribution in [2.75, 3.05) is 0 Å². The number of hydrogen-bond acceptors (Lipinski definition) is 5. The molecular formula is C35H64O5. The molecule has 1 saturated heterocycles. The van der Waals surface area contributed by atoms with Crippen LogP contribution < -0.4 is 0 Å². The Morgan fingerprint density at radius 1 is 0.675 bits per heavy atom. The van der Waals surface area contributed by atoms with Crippen LogP contribution in [0.1, 0.15) is 174 Å². The van der Waals surface area contributed by atoms with Gasteiger partial charge in [-0.05, 0) is 51.5 Å². The van der Waals surface area contributed by atoms with E-state index in [4.69, 9.17) is 9.47 Å². The minimum atomic E-state index is -0.382. The molecule has 0 aromatic carbocycles. The third-order valence-corrected chi connectivity index (χ3v) is 8.98. The maximum Gasteiger partial charge on any atom is 0.334 e. The number of carbonyl (C=O) groups is 1. The van der Waals surface area contributed by atoms with Gasteiger partial charge in [-0.2, -0.15) is 0 Å². The molecule has 0 saturated carbocycles. The largest absolute Gasteiger partial charge is 0.455 e. The number of rotatable bonds is 26. The van der Waals surface area contributed by atoms with E-state index >= 15 is 0 Å². The Kier molecular flexibility index (Phi) is 20.0. The quantitative estimate of drug-likeness (QED) is 0.0809.